The second-order valence-corrected chi connectivity index (χ2v) is 8.85. The van der Waals surface area contributed by atoms with E-state index in [9.17, 15) is 0 Å². The Hall–Kier alpha value is -3.02. The number of hydrogen-bond donors (Lipinski definition) is 0. The largest absolute Gasteiger partial charge is 0.233 e. The van der Waals surface area contributed by atoms with Crippen LogP contribution in [0.2, 0.25) is 0 Å². The summed E-state index contributed by atoms with van der Waals surface area (Å²) < 4.78 is 2.96. The van der Waals surface area contributed by atoms with Crippen LogP contribution in [0.4, 0.5) is 0 Å². The summed E-state index contributed by atoms with van der Waals surface area (Å²) in [6.07, 6.45) is 0. The lowest BCUT2D eigenvalue weighted by Gasteiger charge is -2.05. The molecule has 3 nitrogen and oxygen atoms in total. The molecule has 3 aromatic carbocycles. The molecule has 0 radical (unpaired) electrons. The Morgan fingerprint density at radius 3 is 1.97 bits per heavy atom. The third-order valence-electron chi connectivity index (χ3n) is 4.63. The minimum Gasteiger partial charge on any atom is -0.233 e. The number of halogens is 1. The normalized spacial score (nSPS) is 10.9. The number of para-hydroxylation sites is 1. The molecule has 0 aliphatic heterocycles. The van der Waals surface area contributed by atoms with E-state index in [4.69, 9.17) is 10.1 Å². The minimum absolute atomic E-state index is 0.896. The zero-order valence-electron chi connectivity index (χ0n) is 15.4. The maximum absolute atomic E-state index is 4.95. The van der Waals surface area contributed by atoms with Gasteiger partial charge in [-0.3, -0.25) is 0 Å². The van der Waals surface area contributed by atoms with Gasteiger partial charge in [-0.25, -0.2) is 9.67 Å². The van der Waals surface area contributed by atoms with Crippen molar-refractivity contribution in [1.29, 1.82) is 0 Å². The highest BCUT2D eigenvalue weighted by Crippen LogP contribution is 2.39. The molecule has 5 rings (SSSR count). The van der Waals surface area contributed by atoms with Crippen molar-refractivity contribution in [2.45, 2.75) is 0 Å². The lowest BCUT2D eigenvalue weighted by atomic mass is 10.1. The van der Waals surface area contributed by atoms with Crippen LogP contribution in [0.15, 0.2) is 101 Å². The van der Waals surface area contributed by atoms with Gasteiger partial charge < -0.3 is 0 Å². The minimum atomic E-state index is 0.896. The van der Waals surface area contributed by atoms with Gasteiger partial charge in [0.25, 0.3) is 0 Å². The van der Waals surface area contributed by atoms with Crippen LogP contribution in [-0.4, -0.2) is 14.8 Å². The second-order valence-electron chi connectivity index (χ2n) is 6.54. The monoisotopic (exact) mass is 457 g/mol. The van der Waals surface area contributed by atoms with Gasteiger partial charge in [0.15, 0.2) is 0 Å². The molecule has 0 unspecified atom stereocenters. The zero-order chi connectivity index (χ0) is 19.6. The van der Waals surface area contributed by atoms with Gasteiger partial charge in [0.2, 0.25) is 0 Å². The molecular weight excluding hydrogens is 442 g/mol. The Morgan fingerprint density at radius 2 is 1.31 bits per heavy atom. The molecule has 0 N–H and O–H groups in total. The van der Waals surface area contributed by atoms with Crippen LogP contribution in [-0.2, 0) is 0 Å². The maximum atomic E-state index is 4.95. The van der Waals surface area contributed by atoms with E-state index in [0.717, 1.165) is 42.7 Å². The fourth-order valence-electron chi connectivity index (χ4n) is 3.23. The summed E-state index contributed by atoms with van der Waals surface area (Å²) in [7, 11) is 0. The molecule has 0 saturated heterocycles. The molecule has 29 heavy (non-hydrogen) atoms. The van der Waals surface area contributed by atoms with Gasteiger partial charge >= 0.3 is 0 Å². The number of thiazole rings is 1. The molecule has 0 aliphatic carbocycles. The summed E-state index contributed by atoms with van der Waals surface area (Å²) in [6.45, 7) is 0. The van der Waals surface area contributed by atoms with Gasteiger partial charge in [-0.15, -0.1) is 11.3 Å². The van der Waals surface area contributed by atoms with Crippen LogP contribution >= 0.6 is 27.3 Å². The highest BCUT2D eigenvalue weighted by atomic mass is 79.9. The molecule has 5 heteroatoms. The Bertz CT molecular complexity index is 1250. The summed E-state index contributed by atoms with van der Waals surface area (Å²) in [5.41, 5.74) is 5.97. The Labute approximate surface area is 181 Å². The van der Waals surface area contributed by atoms with Gasteiger partial charge in [0, 0.05) is 11.1 Å². The van der Waals surface area contributed by atoms with Crippen molar-refractivity contribution in [2.24, 2.45) is 0 Å². The van der Waals surface area contributed by atoms with Crippen LogP contribution in [0.1, 0.15) is 0 Å². The number of benzene rings is 3. The second kappa shape index (κ2) is 7.78. The van der Waals surface area contributed by atoms with Crippen molar-refractivity contribution < 1.29 is 0 Å². The van der Waals surface area contributed by atoms with Crippen molar-refractivity contribution in [3.8, 4) is 38.9 Å². The average Bonchev–Trinajstić information content (AvgIpc) is 3.39. The molecule has 0 amide bonds. The number of aromatic nitrogens is 3. The Balaban J connectivity index is 1.68. The predicted octanol–water partition coefficient (Wildman–Crippen LogP) is 7.09. The van der Waals surface area contributed by atoms with E-state index in [2.05, 4.69) is 58.4 Å². The molecule has 0 atom stereocenters. The summed E-state index contributed by atoms with van der Waals surface area (Å²) in [5, 5.41) is 5.89. The van der Waals surface area contributed by atoms with E-state index in [-0.39, 0.29) is 0 Å². The van der Waals surface area contributed by atoms with Crippen LogP contribution < -0.4 is 0 Å². The van der Waals surface area contributed by atoms with Crippen molar-refractivity contribution in [1.82, 2.24) is 14.8 Å². The molecule has 2 aromatic heterocycles. The van der Waals surface area contributed by atoms with Crippen molar-refractivity contribution in [3.05, 3.63) is 101 Å². The molecule has 0 fully saturated rings. The fourth-order valence-corrected chi connectivity index (χ4v) is 4.79. The summed E-state index contributed by atoms with van der Waals surface area (Å²) in [6, 6.07) is 32.8. The fraction of sp³-hybridized carbons (Fsp3) is 0. The Kier molecular flexibility index (Phi) is 4.84. The van der Waals surface area contributed by atoms with Gasteiger partial charge in [0.05, 0.1) is 20.9 Å². The summed E-state index contributed by atoms with van der Waals surface area (Å²) in [5.74, 6) is 0. The first-order valence-corrected chi connectivity index (χ1v) is 10.8. The third-order valence-corrected chi connectivity index (χ3v) is 6.38. The zero-order valence-corrected chi connectivity index (χ0v) is 17.8. The molecule has 0 aliphatic rings. The van der Waals surface area contributed by atoms with E-state index in [1.807, 2.05) is 59.3 Å². The SMILES string of the molecule is Brc1sc(-c2ccccc2)nc1-c1cc(-c2ccccc2)nn1-c1ccccc1. The highest BCUT2D eigenvalue weighted by molar-refractivity contribution is 9.11. The smallest absolute Gasteiger partial charge is 0.125 e. The van der Waals surface area contributed by atoms with E-state index < -0.39 is 0 Å². The quantitative estimate of drug-likeness (QED) is 0.288. The number of rotatable bonds is 4. The number of hydrogen-bond acceptors (Lipinski definition) is 3. The maximum Gasteiger partial charge on any atom is 0.125 e. The molecule has 0 bridgehead atoms. The molecule has 0 spiro atoms. The van der Waals surface area contributed by atoms with Crippen LogP contribution in [0.5, 0.6) is 0 Å². The average molecular weight is 458 g/mol. The standard InChI is InChI=1S/C24H16BrN3S/c25-23-22(26-24(29-23)18-12-6-2-7-13-18)21-16-20(17-10-4-1-5-11-17)27-28(21)19-14-8-3-9-15-19/h1-16H. The summed E-state index contributed by atoms with van der Waals surface area (Å²) >= 11 is 5.37. The van der Waals surface area contributed by atoms with Crippen LogP contribution in [0.3, 0.4) is 0 Å². The van der Waals surface area contributed by atoms with Gasteiger partial charge in [-0.2, -0.15) is 5.10 Å². The van der Waals surface area contributed by atoms with E-state index in [1.165, 1.54) is 0 Å². The number of nitrogens with zero attached hydrogens (tertiary/aromatic N) is 3. The first-order valence-electron chi connectivity index (χ1n) is 9.22. The third kappa shape index (κ3) is 3.55. The first-order chi connectivity index (χ1) is 14.3. The lowest BCUT2D eigenvalue weighted by molar-refractivity contribution is 0.888. The highest BCUT2D eigenvalue weighted by Gasteiger charge is 2.19. The van der Waals surface area contributed by atoms with Gasteiger partial charge in [-0.1, -0.05) is 78.9 Å². The molecule has 0 saturated carbocycles. The first kappa shape index (κ1) is 18.0. The van der Waals surface area contributed by atoms with E-state index in [0.29, 0.717) is 0 Å². The lowest BCUT2D eigenvalue weighted by Crippen LogP contribution is -1.99. The van der Waals surface area contributed by atoms with Crippen molar-refractivity contribution >= 4 is 27.3 Å². The van der Waals surface area contributed by atoms with E-state index in [1.54, 1.807) is 11.3 Å². The van der Waals surface area contributed by atoms with Crippen LogP contribution in [0.25, 0.3) is 38.9 Å². The molecule has 140 valence electrons. The molecule has 5 aromatic rings. The van der Waals surface area contributed by atoms with Crippen LogP contribution in [0, 0.1) is 0 Å². The van der Waals surface area contributed by atoms with E-state index >= 15 is 0 Å². The topological polar surface area (TPSA) is 30.7 Å². The molecular formula is C24H16BrN3S. The Morgan fingerprint density at radius 1 is 0.724 bits per heavy atom. The summed E-state index contributed by atoms with van der Waals surface area (Å²) in [4.78, 5) is 4.95. The van der Waals surface area contributed by atoms with Crippen molar-refractivity contribution in [2.75, 3.05) is 0 Å². The molecule has 2 heterocycles. The van der Waals surface area contributed by atoms with Crippen molar-refractivity contribution in [3.63, 3.8) is 0 Å². The predicted molar refractivity (Wildman–Crippen MR) is 123 cm³/mol. The van der Waals surface area contributed by atoms with Gasteiger partial charge in [-0.05, 0) is 34.1 Å². The van der Waals surface area contributed by atoms with Gasteiger partial charge in [0.1, 0.15) is 10.7 Å².